The van der Waals surface area contributed by atoms with Crippen molar-refractivity contribution < 1.29 is 4.39 Å². The van der Waals surface area contributed by atoms with Gasteiger partial charge in [0.25, 0.3) is 5.56 Å². The lowest BCUT2D eigenvalue weighted by atomic mass is 10.0. The molecule has 3 aliphatic rings. The normalized spacial score (nSPS) is 28.2. The van der Waals surface area contributed by atoms with Crippen molar-refractivity contribution in [2.24, 2.45) is 4.99 Å². The van der Waals surface area contributed by atoms with Crippen molar-refractivity contribution in [1.82, 2.24) is 29.0 Å². The van der Waals surface area contributed by atoms with Gasteiger partial charge in [0.2, 0.25) is 0 Å². The number of rotatable bonds is 3. The summed E-state index contributed by atoms with van der Waals surface area (Å²) < 4.78 is 18.7. The van der Waals surface area contributed by atoms with Gasteiger partial charge in [0.1, 0.15) is 5.03 Å². The molecular weight excluding hydrogens is 437 g/mol. The number of halogens is 1. The van der Waals surface area contributed by atoms with E-state index in [0.717, 1.165) is 34.2 Å². The minimum atomic E-state index is -0.999. The lowest BCUT2D eigenvalue weighted by Gasteiger charge is -2.40. The van der Waals surface area contributed by atoms with E-state index in [1.807, 2.05) is 5.51 Å². The number of aromatic nitrogens is 4. The molecule has 3 aromatic heterocycles. The number of thiazole rings is 1. The summed E-state index contributed by atoms with van der Waals surface area (Å²) in [5.41, 5.74) is 2.14. The molecule has 11 heteroatoms. The number of pyridine rings is 1. The van der Waals surface area contributed by atoms with Crippen LogP contribution >= 0.6 is 22.4 Å². The molecule has 0 saturated carbocycles. The quantitative estimate of drug-likeness (QED) is 0.589. The molecule has 3 aliphatic heterocycles. The smallest absolute Gasteiger partial charge is 0.258 e. The lowest BCUT2D eigenvalue weighted by molar-refractivity contribution is 0.264. The summed E-state index contributed by atoms with van der Waals surface area (Å²) in [7, 11) is 2.15. The monoisotopic (exact) mass is 459 g/mol. The number of nitrogens with zero attached hydrogens (tertiary/aromatic N) is 6. The van der Waals surface area contributed by atoms with Crippen LogP contribution in [-0.4, -0.2) is 54.0 Å². The molecule has 8 nitrogen and oxygen atoms in total. The van der Waals surface area contributed by atoms with Crippen LogP contribution in [-0.2, 0) is 0 Å². The van der Waals surface area contributed by atoms with Crippen molar-refractivity contribution >= 4 is 32.6 Å². The van der Waals surface area contributed by atoms with Gasteiger partial charge in [-0.15, -0.1) is 11.3 Å². The third-order valence-electron chi connectivity index (χ3n) is 6.35. The van der Waals surface area contributed by atoms with Crippen molar-refractivity contribution in [2.45, 2.75) is 48.8 Å². The minimum absolute atomic E-state index is 0.214. The summed E-state index contributed by atoms with van der Waals surface area (Å²) in [6.45, 7) is 0. The number of piperidine rings is 1. The molecule has 1 N–H and O–H groups in total. The molecule has 4 atom stereocenters. The molecule has 6 heterocycles. The van der Waals surface area contributed by atoms with Crippen LogP contribution in [0.4, 0.5) is 9.39 Å². The number of aliphatic imine (C=N–C) groups is 1. The van der Waals surface area contributed by atoms with E-state index in [2.05, 4.69) is 26.8 Å². The van der Waals surface area contributed by atoms with Gasteiger partial charge >= 0.3 is 0 Å². The SMILES string of the molecule is CN([C@@H]1C[C@H]2CC[C@@H](C1)N2)[SH]1C(n2ccc(-n3cc(F)cn3)cc2=O)=Nc2scnc21. The zero-order chi connectivity index (χ0) is 21.1. The Kier molecular flexibility index (Phi) is 4.60. The first-order valence-electron chi connectivity index (χ1n) is 10.3. The average Bonchev–Trinajstić information content (AvgIpc) is 3.52. The minimum Gasteiger partial charge on any atom is -0.311 e. The van der Waals surface area contributed by atoms with Crippen molar-refractivity contribution in [3.8, 4) is 5.69 Å². The van der Waals surface area contributed by atoms with Gasteiger partial charge in [-0.25, -0.2) is 19.0 Å². The van der Waals surface area contributed by atoms with E-state index in [9.17, 15) is 9.18 Å². The first kappa shape index (κ1) is 19.4. The van der Waals surface area contributed by atoms with Gasteiger partial charge in [0.05, 0.1) is 23.6 Å². The van der Waals surface area contributed by atoms with Crippen molar-refractivity contribution in [1.29, 1.82) is 0 Å². The largest absolute Gasteiger partial charge is 0.311 e. The van der Waals surface area contributed by atoms with Crippen LogP contribution in [0.1, 0.15) is 25.7 Å². The standard InChI is InChI=1S/C20H22FN7OS2/c1-26(16-6-13-2-3-14(7-16)24-13)31-19-18(30-11-22-19)25-20(31)27-5-4-15(8-17(27)29)28-10-12(21)9-23-28/h4-5,8-11,13-14,16,24,31H,2-3,6-7H2,1H3/t13-,14+,16-. The number of fused-ring (bicyclic) bond motifs is 3. The van der Waals surface area contributed by atoms with Gasteiger partial charge in [-0.2, -0.15) is 5.10 Å². The van der Waals surface area contributed by atoms with Crippen molar-refractivity contribution in [2.75, 3.05) is 7.05 Å². The van der Waals surface area contributed by atoms with Crippen LogP contribution in [0.15, 0.2) is 51.0 Å². The molecule has 0 aliphatic carbocycles. The van der Waals surface area contributed by atoms with Crippen LogP contribution in [0.5, 0.6) is 0 Å². The zero-order valence-corrected chi connectivity index (χ0v) is 18.6. The maximum absolute atomic E-state index is 13.3. The van der Waals surface area contributed by atoms with Crippen molar-refractivity contribution in [3.63, 3.8) is 0 Å². The van der Waals surface area contributed by atoms with Crippen LogP contribution < -0.4 is 10.9 Å². The highest BCUT2D eigenvalue weighted by atomic mass is 32.2. The Morgan fingerprint density at radius 2 is 2.13 bits per heavy atom. The molecule has 0 amide bonds. The molecule has 3 aromatic rings. The summed E-state index contributed by atoms with van der Waals surface area (Å²) >= 11 is 0.509. The van der Waals surface area contributed by atoms with E-state index in [1.54, 1.807) is 16.8 Å². The third-order valence-corrected chi connectivity index (χ3v) is 9.60. The van der Waals surface area contributed by atoms with Crippen LogP contribution in [0.2, 0.25) is 0 Å². The Bertz CT molecular complexity index is 1220. The fraction of sp³-hybridized carbons (Fsp3) is 0.400. The summed E-state index contributed by atoms with van der Waals surface area (Å²) in [5.74, 6) is -0.444. The topological polar surface area (TPSA) is 80.3 Å². The number of nitrogens with one attached hydrogen (secondary N) is 1. The van der Waals surface area contributed by atoms with E-state index in [-0.39, 0.29) is 5.56 Å². The summed E-state index contributed by atoms with van der Waals surface area (Å²) in [6, 6.07) is 4.82. The Hall–Kier alpha value is -2.34. The lowest BCUT2D eigenvalue weighted by Crippen LogP contribution is -2.46. The highest BCUT2D eigenvalue weighted by Gasteiger charge is 2.40. The maximum Gasteiger partial charge on any atom is 0.258 e. The van der Waals surface area contributed by atoms with Crippen LogP contribution in [0, 0.1) is 5.82 Å². The molecule has 6 rings (SSSR count). The van der Waals surface area contributed by atoms with Gasteiger partial charge in [0.15, 0.2) is 16.0 Å². The first-order valence-corrected chi connectivity index (χ1v) is 12.5. The zero-order valence-electron chi connectivity index (χ0n) is 16.8. The number of hydrogen-bond acceptors (Lipinski definition) is 7. The molecule has 0 spiro atoms. The Balaban J connectivity index is 1.35. The summed E-state index contributed by atoms with van der Waals surface area (Å²) in [5, 5.41) is 10.3. The number of thiol groups is 1. The van der Waals surface area contributed by atoms with E-state index in [4.69, 9.17) is 4.99 Å². The molecule has 31 heavy (non-hydrogen) atoms. The van der Waals surface area contributed by atoms with Gasteiger partial charge in [-0.1, -0.05) is 11.1 Å². The molecule has 2 fully saturated rings. The summed E-state index contributed by atoms with van der Waals surface area (Å²) in [4.78, 5) is 22.5. The highest BCUT2D eigenvalue weighted by Crippen LogP contribution is 2.54. The van der Waals surface area contributed by atoms with E-state index in [1.165, 1.54) is 41.1 Å². The van der Waals surface area contributed by atoms with Gasteiger partial charge in [0, 0.05) is 30.4 Å². The average molecular weight is 460 g/mol. The van der Waals surface area contributed by atoms with Crippen LogP contribution in [0.25, 0.3) is 5.69 Å². The molecule has 2 saturated heterocycles. The molecule has 1 unspecified atom stereocenters. The Morgan fingerprint density at radius 1 is 1.32 bits per heavy atom. The fourth-order valence-electron chi connectivity index (χ4n) is 4.85. The van der Waals surface area contributed by atoms with Crippen molar-refractivity contribution in [3.05, 3.63) is 52.4 Å². The van der Waals surface area contributed by atoms with Gasteiger partial charge < -0.3 is 5.32 Å². The predicted octanol–water partition coefficient (Wildman–Crippen LogP) is 2.67. The molecule has 0 aromatic carbocycles. The van der Waals surface area contributed by atoms with E-state index >= 15 is 0 Å². The second-order valence-corrected chi connectivity index (χ2v) is 11.1. The Labute approximate surface area is 184 Å². The van der Waals surface area contributed by atoms with E-state index in [0.29, 0.717) is 23.8 Å². The molecule has 0 radical (unpaired) electrons. The molecule has 162 valence electrons. The third kappa shape index (κ3) is 3.27. The molecule has 2 bridgehead atoms. The predicted molar refractivity (Wildman–Crippen MR) is 120 cm³/mol. The highest BCUT2D eigenvalue weighted by molar-refractivity contribution is 8.28. The Morgan fingerprint density at radius 3 is 2.84 bits per heavy atom. The maximum atomic E-state index is 13.3. The fourth-order valence-corrected chi connectivity index (χ4v) is 8.22. The first-order chi connectivity index (χ1) is 15.1. The second kappa shape index (κ2) is 7.37. The van der Waals surface area contributed by atoms with Gasteiger partial charge in [-0.3, -0.25) is 13.7 Å². The second-order valence-electron chi connectivity index (χ2n) is 8.24. The number of hydrogen-bond donors (Lipinski definition) is 2. The van der Waals surface area contributed by atoms with E-state index < -0.39 is 16.9 Å². The van der Waals surface area contributed by atoms with Crippen LogP contribution in [0.3, 0.4) is 0 Å². The van der Waals surface area contributed by atoms with Gasteiger partial charge in [-0.05, 0) is 38.8 Å². The summed E-state index contributed by atoms with van der Waals surface area (Å²) in [6.07, 6.45) is 8.78. The molecular formula is C20H22FN7OS2.